The summed E-state index contributed by atoms with van der Waals surface area (Å²) in [6, 6.07) is 0.974. The number of amides is 1. The number of anilines is 1. The van der Waals surface area contributed by atoms with Gasteiger partial charge in [0.15, 0.2) is 0 Å². The first-order valence-corrected chi connectivity index (χ1v) is 4.26. The standard InChI is InChI=1S/C7H6BrF2N3O/c8-5-3(11)1-2(6(9)10)4(13-5)7(12)14/h1,6H,11H2,(H2,12,14). The lowest BCUT2D eigenvalue weighted by atomic mass is 10.2. The van der Waals surface area contributed by atoms with Crippen molar-refractivity contribution in [2.24, 2.45) is 5.73 Å². The monoisotopic (exact) mass is 265 g/mol. The summed E-state index contributed by atoms with van der Waals surface area (Å²) in [4.78, 5) is 14.3. The van der Waals surface area contributed by atoms with Gasteiger partial charge in [0.25, 0.3) is 12.3 Å². The van der Waals surface area contributed by atoms with Gasteiger partial charge in [-0.05, 0) is 22.0 Å². The lowest BCUT2D eigenvalue weighted by Gasteiger charge is -2.07. The van der Waals surface area contributed by atoms with Crippen molar-refractivity contribution in [3.63, 3.8) is 0 Å². The van der Waals surface area contributed by atoms with Crippen LogP contribution in [-0.2, 0) is 0 Å². The SMILES string of the molecule is NC(=O)c1nc(Br)c(N)cc1C(F)F. The number of alkyl halides is 2. The lowest BCUT2D eigenvalue weighted by molar-refractivity contribution is 0.0980. The number of nitrogens with zero attached hydrogens (tertiary/aromatic N) is 1. The summed E-state index contributed by atoms with van der Waals surface area (Å²) in [5.41, 5.74) is 9.21. The van der Waals surface area contributed by atoms with Gasteiger partial charge in [-0.2, -0.15) is 0 Å². The number of halogens is 3. The van der Waals surface area contributed by atoms with E-state index in [0.29, 0.717) is 0 Å². The van der Waals surface area contributed by atoms with Gasteiger partial charge in [0.05, 0.1) is 11.3 Å². The summed E-state index contributed by atoms with van der Waals surface area (Å²) in [5, 5.41) is 0. The van der Waals surface area contributed by atoms with Crippen molar-refractivity contribution in [2.75, 3.05) is 5.73 Å². The summed E-state index contributed by atoms with van der Waals surface area (Å²) >= 11 is 2.91. The zero-order valence-corrected chi connectivity index (χ0v) is 8.38. The predicted molar refractivity (Wildman–Crippen MR) is 49.8 cm³/mol. The highest BCUT2D eigenvalue weighted by atomic mass is 79.9. The van der Waals surface area contributed by atoms with Crippen LogP contribution in [0, 0.1) is 0 Å². The number of nitrogens with two attached hydrogens (primary N) is 2. The fourth-order valence-electron chi connectivity index (χ4n) is 0.886. The molecule has 0 saturated heterocycles. The quantitative estimate of drug-likeness (QED) is 0.795. The summed E-state index contributed by atoms with van der Waals surface area (Å²) in [6.07, 6.45) is -2.83. The molecule has 0 unspecified atom stereocenters. The Hall–Kier alpha value is -1.24. The Kier molecular flexibility index (Phi) is 3.00. The molecule has 76 valence electrons. The van der Waals surface area contributed by atoms with Crippen molar-refractivity contribution in [1.82, 2.24) is 4.98 Å². The first kappa shape index (κ1) is 10.8. The molecule has 0 aliphatic heterocycles. The minimum atomic E-state index is -2.83. The number of primary amides is 1. The molecule has 0 saturated carbocycles. The summed E-state index contributed by atoms with van der Waals surface area (Å²) in [6.45, 7) is 0. The topological polar surface area (TPSA) is 82.0 Å². The predicted octanol–water partition coefficient (Wildman–Crippen LogP) is 1.46. The van der Waals surface area contributed by atoms with E-state index in [-0.39, 0.29) is 10.3 Å². The van der Waals surface area contributed by atoms with Crippen LogP contribution in [0.25, 0.3) is 0 Å². The van der Waals surface area contributed by atoms with Gasteiger partial charge < -0.3 is 11.5 Å². The number of hydrogen-bond donors (Lipinski definition) is 2. The van der Waals surface area contributed by atoms with Gasteiger partial charge in [-0.15, -0.1) is 0 Å². The minimum absolute atomic E-state index is 0.0327. The van der Waals surface area contributed by atoms with Gasteiger partial charge in [-0.3, -0.25) is 4.79 Å². The number of nitrogen functional groups attached to an aromatic ring is 1. The van der Waals surface area contributed by atoms with Crippen LogP contribution in [0.4, 0.5) is 14.5 Å². The number of carbonyl (C=O) groups excluding carboxylic acids is 1. The van der Waals surface area contributed by atoms with Crippen LogP contribution in [0.2, 0.25) is 0 Å². The highest BCUT2D eigenvalue weighted by molar-refractivity contribution is 9.10. The van der Waals surface area contributed by atoms with Crippen LogP contribution in [0.5, 0.6) is 0 Å². The highest BCUT2D eigenvalue weighted by Gasteiger charge is 2.19. The van der Waals surface area contributed by atoms with E-state index in [0.717, 1.165) is 6.07 Å². The van der Waals surface area contributed by atoms with Crippen LogP contribution in [0.3, 0.4) is 0 Å². The van der Waals surface area contributed by atoms with Crippen LogP contribution in [0.1, 0.15) is 22.5 Å². The molecule has 4 nitrogen and oxygen atoms in total. The molecule has 1 aromatic rings. The molecule has 0 atom stereocenters. The van der Waals surface area contributed by atoms with E-state index in [1.54, 1.807) is 0 Å². The van der Waals surface area contributed by atoms with Gasteiger partial charge in [0.1, 0.15) is 10.3 Å². The zero-order valence-electron chi connectivity index (χ0n) is 6.80. The van der Waals surface area contributed by atoms with Gasteiger partial charge in [0.2, 0.25) is 0 Å². The second-order valence-corrected chi connectivity index (χ2v) is 3.22. The van der Waals surface area contributed by atoms with Crippen molar-refractivity contribution in [1.29, 1.82) is 0 Å². The van der Waals surface area contributed by atoms with E-state index in [9.17, 15) is 13.6 Å². The third kappa shape index (κ3) is 1.98. The van der Waals surface area contributed by atoms with Gasteiger partial charge in [-0.1, -0.05) is 0 Å². The second kappa shape index (κ2) is 3.87. The maximum Gasteiger partial charge on any atom is 0.267 e. The van der Waals surface area contributed by atoms with Crippen LogP contribution < -0.4 is 11.5 Å². The molecule has 1 rings (SSSR count). The average molecular weight is 266 g/mol. The largest absolute Gasteiger partial charge is 0.397 e. The van der Waals surface area contributed by atoms with Crippen molar-refractivity contribution >= 4 is 27.5 Å². The van der Waals surface area contributed by atoms with Crippen molar-refractivity contribution in [3.05, 3.63) is 21.9 Å². The van der Waals surface area contributed by atoms with E-state index in [4.69, 9.17) is 11.5 Å². The molecule has 1 heterocycles. The lowest BCUT2D eigenvalue weighted by Crippen LogP contribution is -2.17. The fourth-order valence-corrected chi connectivity index (χ4v) is 1.18. The van der Waals surface area contributed by atoms with Crippen LogP contribution in [0.15, 0.2) is 10.7 Å². The van der Waals surface area contributed by atoms with E-state index in [1.807, 2.05) is 0 Å². The molecular formula is C7H6BrF2N3O. The maximum absolute atomic E-state index is 12.4. The molecule has 0 aliphatic rings. The van der Waals surface area contributed by atoms with Crippen molar-refractivity contribution < 1.29 is 13.6 Å². The molecule has 0 radical (unpaired) electrons. The molecule has 1 aromatic heterocycles. The van der Waals surface area contributed by atoms with Crippen LogP contribution in [-0.4, -0.2) is 10.9 Å². The van der Waals surface area contributed by atoms with E-state index >= 15 is 0 Å². The van der Waals surface area contributed by atoms with E-state index in [2.05, 4.69) is 20.9 Å². The first-order chi connectivity index (χ1) is 6.43. The normalized spacial score (nSPS) is 10.6. The van der Waals surface area contributed by atoms with Crippen LogP contribution >= 0.6 is 15.9 Å². The first-order valence-electron chi connectivity index (χ1n) is 3.47. The van der Waals surface area contributed by atoms with E-state index in [1.165, 1.54) is 0 Å². The third-order valence-electron chi connectivity index (χ3n) is 1.50. The molecule has 14 heavy (non-hydrogen) atoms. The number of rotatable bonds is 2. The fraction of sp³-hybridized carbons (Fsp3) is 0.143. The van der Waals surface area contributed by atoms with Crippen molar-refractivity contribution in [2.45, 2.75) is 6.43 Å². The third-order valence-corrected chi connectivity index (χ3v) is 2.14. The Morgan fingerprint density at radius 3 is 2.57 bits per heavy atom. The average Bonchev–Trinajstić information content (AvgIpc) is 2.08. The number of carbonyl (C=O) groups is 1. The molecule has 0 aromatic carbocycles. The molecule has 4 N–H and O–H groups in total. The number of pyridine rings is 1. The summed E-state index contributed by atoms with van der Waals surface area (Å²) < 4.78 is 24.9. The molecule has 1 amide bonds. The zero-order chi connectivity index (χ0) is 10.9. The second-order valence-electron chi connectivity index (χ2n) is 2.47. The maximum atomic E-state index is 12.4. The molecule has 7 heteroatoms. The Bertz CT molecular complexity index is 383. The smallest absolute Gasteiger partial charge is 0.267 e. The summed E-state index contributed by atoms with van der Waals surface area (Å²) in [5.74, 6) is -1.01. The minimum Gasteiger partial charge on any atom is -0.397 e. The van der Waals surface area contributed by atoms with Crippen molar-refractivity contribution in [3.8, 4) is 0 Å². The Labute approximate surface area is 86.4 Å². The molecule has 0 spiro atoms. The number of aromatic nitrogens is 1. The Morgan fingerprint density at radius 1 is 1.57 bits per heavy atom. The molecule has 0 aliphatic carbocycles. The van der Waals surface area contributed by atoms with Gasteiger partial charge in [-0.25, -0.2) is 13.8 Å². The number of hydrogen-bond acceptors (Lipinski definition) is 3. The van der Waals surface area contributed by atoms with E-state index < -0.39 is 23.6 Å². The summed E-state index contributed by atoms with van der Waals surface area (Å²) in [7, 11) is 0. The molecule has 0 bridgehead atoms. The van der Waals surface area contributed by atoms with Gasteiger partial charge >= 0.3 is 0 Å². The Balaban J connectivity index is 3.39. The Morgan fingerprint density at radius 2 is 2.14 bits per heavy atom. The van der Waals surface area contributed by atoms with Gasteiger partial charge in [0, 0.05) is 0 Å². The molecule has 0 fully saturated rings. The highest BCUT2D eigenvalue weighted by Crippen LogP contribution is 2.27. The molecular weight excluding hydrogens is 260 g/mol.